The molecule has 1 aliphatic heterocycles. The second-order valence-electron chi connectivity index (χ2n) is 5.29. The third-order valence-corrected chi connectivity index (χ3v) is 5.78. The maximum Gasteiger partial charge on any atom is 0.151 e. The number of rotatable bonds is 5. The first-order valence-electron chi connectivity index (χ1n) is 6.63. The van der Waals surface area contributed by atoms with Gasteiger partial charge in [0.05, 0.1) is 11.9 Å². The van der Waals surface area contributed by atoms with E-state index >= 15 is 0 Å². The van der Waals surface area contributed by atoms with Gasteiger partial charge in [-0.05, 0) is 43.7 Å². The van der Waals surface area contributed by atoms with Gasteiger partial charge in [-0.25, -0.2) is 8.42 Å². The molecule has 4 nitrogen and oxygen atoms in total. The minimum absolute atomic E-state index is 0.170. The normalized spacial score (nSPS) is 17.4. The Morgan fingerprint density at radius 1 is 1.45 bits per heavy atom. The molecule has 1 aromatic carbocycles. The molecule has 6 heteroatoms. The molecule has 0 saturated heterocycles. The standard InChI is InChI=1S/C14H20ClNO3S/c1-9(20(3,17)18)13(16-2)8-11-7-12(15)6-10-4-5-19-14(10)11/h6-7,9,13,16H,4-5,8H2,1-3H3. The van der Waals surface area contributed by atoms with E-state index in [1.807, 2.05) is 12.1 Å². The van der Waals surface area contributed by atoms with Crippen LogP contribution in [0.25, 0.3) is 0 Å². The molecule has 2 rings (SSSR count). The van der Waals surface area contributed by atoms with Crippen LogP contribution in [0, 0.1) is 0 Å². The first kappa shape index (κ1) is 15.6. The van der Waals surface area contributed by atoms with Gasteiger partial charge < -0.3 is 10.1 Å². The third kappa shape index (κ3) is 3.27. The lowest BCUT2D eigenvalue weighted by Crippen LogP contribution is -2.42. The summed E-state index contributed by atoms with van der Waals surface area (Å²) in [4.78, 5) is 0. The Balaban J connectivity index is 2.29. The second kappa shape index (κ2) is 5.92. The minimum Gasteiger partial charge on any atom is -0.493 e. The van der Waals surface area contributed by atoms with E-state index in [1.165, 1.54) is 6.26 Å². The summed E-state index contributed by atoms with van der Waals surface area (Å²) in [7, 11) is -1.32. The fraction of sp³-hybridized carbons (Fsp3) is 0.571. The lowest BCUT2D eigenvalue weighted by Gasteiger charge is -2.23. The van der Waals surface area contributed by atoms with Crippen molar-refractivity contribution in [1.82, 2.24) is 5.32 Å². The molecule has 1 aliphatic rings. The molecule has 0 amide bonds. The lowest BCUT2D eigenvalue weighted by atomic mass is 10.00. The van der Waals surface area contributed by atoms with Crippen molar-refractivity contribution >= 4 is 21.4 Å². The Morgan fingerprint density at radius 2 is 2.15 bits per heavy atom. The van der Waals surface area contributed by atoms with E-state index in [0.717, 1.165) is 23.3 Å². The highest BCUT2D eigenvalue weighted by molar-refractivity contribution is 7.91. The molecule has 0 aliphatic carbocycles. The zero-order chi connectivity index (χ0) is 14.9. The largest absolute Gasteiger partial charge is 0.493 e. The third-order valence-electron chi connectivity index (χ3n) is 3.88. The van der Waals surface area contributed by atoms with Crippen LogP contribution in [0.5, 0.6) is 5.75 Å². The maximum absolute atomic E-state index is 11.7. The van der Waals surface area contributed by atoms with Crippen LogP contribution in [0.1, 0.15) is 18.1 Å². The van der Waals surface area contributed by atoms with E-state index in [-0.39, 0.29) is 6.04 Å². The highest BCUT2D eigenvalue weighted by Gasteiger charge is 2.27. The number of nitrogens with one attached hydrogen (secondary N) is 1. The number of fused-ring (bicyclic) bond motifs is 1. The van der Waals surface area contributed by atoms with Crippen molar-refractivity contribution in [2.75, 3.05) is 19.9 Å². The Morgan fingerprint density at radius 3 is 2.75 bits per heavy atom. The molecular formula is C14H20ClNO3S. The maximum atomic E-state index is 11.7. The van der Waals surface area contributed by atoms with Crippen LogP contribution in [-0.2, 0) is 22.7 Å². The molecule has 0 radical (unpaired) electrons. The Labute approximate surface area is 125 Å². The predicted molar refractivity (Wildman–Crippen MR) is 81.5 cm³/mol. The summed E-state index contributed by atoms with van der Waals surface area (Å²) < 4.78 is 29.1. The fourth-order valence-corrected chi connectivity index (χ4v) is 3.63. The van der Waals surface area contributed by atoms with Crippen molar-refractivity contribution in [3.63, 3.8) is 0 Å². The van der Waals surface area contributed by atoms with E-state index in [4.69, 9.17) is 16.3 Å². The van der Waals surface area contributed by atoms with Gasteiger partial charge in [-0.2, -0.15) is 0 Å². The Kier molecular flexibility index (Phi) is 4.62. The number of likely N-dealkylation sites (N-methyl/N-ethyl adjacent to an activating group) is 1. The van der Waals surface area contributed by atoms with Gasteiger partial charge in [0, 0.05) is 23.7 Å². The number of ether oxygens (including phenoxy) is 1. The first-order chi connectivity index (χ1) is 9.32. The average Bonchev–Trinajstić information content (AvgIpc) is 2.81. The van der Waals surface area contributed by atoms with E-state index in [1.54, 1.807) is 14.0 Å². The van der Waals surface area contributed by atoms with Gasteiger partial charge in [-0.1, -0.05) is 11.6 Å². The smallest absolute Gasteiger partial charge is 0.151 e. The van der Waals surface area contributed by atoms with E-state index in [9.17, 15) is 8.42 Å². The lowest BCUT2D eigenvalue weighted by molar-refractivity contribution is 0.351. The van der Waals surface area contributed by atoms with Crippen LogP contribution in [-0.4, -0.2) is 39.6 Å². The Bertz CT molecular complexity index is 601. The summed E-state index contributed by atoms with van der Waals surface area (Å²) in [5.41, 5.74) is 2.08. The van der Waals surface area contributed by atoms with Crippen LogP contribution >= 0.6 is 11.6 Å². The number of hydrogen-bond acceptors (Lipinski definition) is 4. The summed E-state index contributed by atoms with van der Waals surface area (Å²) in [6, 6.07) is 3.61. The van der Waals surface area contributed by atoms with E-state index in [2.05, 4.69) is 5.32 Å². The van der Waals surface area contributed by atoms with Gasteiger partial charge in [-0.3, -0.25) is 0 Å². The second-order valence-corrected chi connectivity index (χ2v) is 8.12. The first-order valence-corrected chi connectivity index (χ1v) is 8.96. The quantitative estimate of drug-likeness (QED) is 0.900. The Hall–Kier alpha value is -0.780. The van der Waals surface area contributed by atoms with Gasteiger partial charge in [0.1, 0.15) is 5.75 Å². The SMILES string of the molecule is CNC(Cc1cc(Cl)cc2c1OCC2)C(C)S(C)(=O)=O. The van der Waals surface area contributed by atoms with Gasteiger partial charge >= 0.3 is 0 Å². The molecule has 0 aromatic heterocycles. The van der Waals surface area contributed by atoms with E-state index in [0.29, 0.717) is 18.1 Å². The minimum atomic E-state index is -3.09. The average molecular weight is 318 g/mol. The zero-order valence-corrected chi connectivity index (χ0v) is 13.5. The summed E-state index contributed by atoms with van der Waals surface area (Å²) in [6.45, 7) is 2.39. The van der Waals surface area contributed by atoms with Crippen LogP contribution in [0.3, 0.4) is 0 Å². The topological polar surface area (TPSA) is 55.4 Å². The van der Waals surface area contributed by atoms with E-state index < -0.39 is 15.1 Å². The number of halogens is 1. The van der Waals surface area contributed by atoms with Crippen molar-refractivity contribution in [2.24, 2.45) is 0 Å². The van der Waals surface area contributed by atoms with Gasteiger partial charge in [0.2, 0.25) is 0 Å². The molecule has 1 N–H and O–H groups in total. The predicted octanol–water partition coefficient (Wildman–Crippen LogP) is 1.84. The van der Waals surface area contributed by atoms with Gasteiger partial charge in [0.15, 0.2) is 9.84 Å². The molecule has 2 unspecified atom stereocenters. The summed E-state index contributed by atoms with van der Waals surface area (Å²) in [6.07, 6.45) is 2.70. The molecule has 0 bridgehead atoms. The molecule has 1 aromatic rings. The number of benzene rings is 1. The van der Waals surface area contributed by atoms with Gasteiger partial charge in [0.25, 0.3) is 0 Å². The molecule has 0 fully saturated rings. The van der Waals surface area contributed by atoms with Gasteiger partial charge in [-0.15, -0.1) is 0 Å². The van der Waals surface area contributed by atoms with Crippen molar-refractivity contribution in [3.05, 3.63) is 28.3 Å². The molecule has 112 valence electrons. The van der Waals surface area contributed by atoms with Crippen LogP contribution in [0.15, 0.2) is 12.1 Å². The van der Waals surface area contributed by atoms with Crippen LogP contribution in [0.4, 0.5) is 0 Å². The highest BCUT2D eigenvalue weighted by atomic mass is 35.5. The van der Waals surface area contributed by atoms with Crippen LogP contribution < -0.4 is 10.1 Å². The molecule has 1 heterocycles. The molecular weight excluding hydrogens is 298 g/mol. The van der Waals surface area contributed by atoms with Crippen molar-refractivity contribution < 1.29 is 13.2 Å². The molecule has 20 heavy (non-hydrogen) atoms. The number of hydrogen-bond donors (Lipinski definition) is 1. The summed E-state index contributed by atoms with van der Waals surface area (Å²) in [5.74, 6) is 0.871. The molecule has 2 atom stereocenters. The zero-order valence-electron chi connectivity index (χ0n) is 11.9. The number of sulfone groups is 1. The van der Waals surface area contributed by atoms with Crippen molar-refractivity contribution in [1.29, 1.82) is 0 Å². The molecule has 0 saturated carbocycles. The highest BCUT2D eigenvalue weighted by Crippen LogP contribution is 2.34. The van der Waals surface area contributed by atoms with Crippen molar-refractivity contribution in [2.45, 2.75) is 31.1 Å². The summed E-state index contributed by atoms with van der Waals surface area (Å²) >= 11 is 6.13. The van der Waals surface area contributed by atoms with Crippen LogP contribution in [0.2, 0.25) is 5.02 Å². The fourth-order valence-electron chi connectivity index (χ4n) is 2.54. The summed E-state index contributed by atoms with van der Waals surface area (Å²) in [5, 5.41) is 3.29. The molecule has 0 spiro atoms. The monoisotopic (exact) mass is 317 g/mol. The van der Waals surface area contributed by atoms with Crippen molar-refractivity contribution in [3.8, 4) is 5.75 Å².